The lowest BCUT2D eigenvalue weighted by molar-refractivity contribution is 0.410. The maximum atomic E-state index is 11.4. The van der Waals surface area contributed by atoms with Crippen LogP contribution in [0, 0.1) is 6.92 Å². The summed E-state index contributed by atoms with van der Waals surface area (Å²) in [6.45, 7) is 7.13. The van der Waals surface area contributed by atoms with Crippen LogP contribution < -0.4 is 5.63 Å². The van der Waals surface area contributed by atoms with E-state index >= 15 is 0 Å². The summed E-state index contributed by atoms with van der Waals surface area (Å²) in [6.07, 6.45) is 2.50. The van der Waals surface area contributed by atoms with Crippen LogP contribution >= 0.6 is 0 Å². The Bertz CT molecular complexity index is 402. The van der Waals surface area contributed by atoms with Crippen LogP contribution in [-0.2, 0) is 12.8 Å². The highest BCUT2D eigenvalue weighted by atomic mass is 16.4. The number of hydrogen-bond donors (Lipinski definition) is 1. The van der Waals surface area contributed by atoms with Gasteiger partial charge in [0.1, 0.15) is 11.5 Å². The van der Waals surface area contributed by atoms with Gasteiger partial charge in [0.05, 0.1) is 5.56 Å². The number of allylic oxidation sites excluding steroid dienone is 1. The van der Waals surface area contributed by atoms with E-state index in [1.54, 1.807) is 13.0 Å². The fraction of sp³-hybridized carbons (Fsp3) is 0.364. The molecule has 14 heavy (non-hydrogen) atoms. The molecule has 3 nitrogen and oxygen atoms in total. The van der Waals surface area contributed by atoms with Crippen molar-refractivity contribution < 1.29 is 9.52 Å². The van der Waals surface area contributed by atoms with Crippen LogP contribution in [0.1, 0.15) is 23.8 Å². The van der Waals surface area contributed by atoms with Crippen molar-refractivity contribution in [1.29, 1.82) is 0 Å². The van der Waals surface area contributed by atoms with E-state index < -0.39 is 5.63 Å². The molecule has 1 heterocycles. The van der Waals surface area contributed by atoms with Crippen LogP contribution in [0.4, 0.5) is 0 Å². The van der Waals surface area contributed by atoms with Gasteiger partial charge < -0.3 is 9.52 Å². The molecule has 0 aliphatic heterocycles. The van der Waals surface area contributed by atoms with Crippen LogP contribution in [-0.4, -0.2) is 5.11 Å². The van der Waals surface area contributed by atoms with Crippen LogP contribution in [0.3, 0.4) is 0 Å². The second-order valence-electron chi connectivity index (χ2n) is 3.11. The third-order valence-electron chi connectivity index (χ3n) is 2.19. The van der Waals surface area contributed by atoms with Crippen molar-refractivity contribution in [3.63, 3.8) is 0 Å². The van der Waals surface area contributed by atoms with Crippen LogP contribution in [0.15, 0.2) is 21.9 Å². The molecule has 1 aromatic heterocycles. The van der Waals surface area contributed by atoms with Crippen molar-refractivity contribution >= 4 is 0 Å². The van der Waals surface area contributed by atoms with E-state index in [4.69, 9.17) is 4.42 Å². The van der Waals surface area contributed by atoms with Crippen LogP contribution in [0.25, 0.3) is 0 Å². The second-order valence-corrected chi connectivity index (χ2v) is 3.11. The third kappa shape index (κ3) is 1.71. The minimum atomic E-state index is -0.468. The summed E-state index contributed by atoms with van der Waals surface area (Å²) in [5, 5.41) is 9.71. The highest BCUT2D eigenvalue weighted by Crippen LogP contribution is 2.22. The average Bonchev–Trinajstić information content (AvgIpc) is 2.18. The molecule has 1 rings (SSSR count). The zero-order chi connectivity index (χ0) is 10.7. The fourth-order valence-electron chi connectivity index (χ4n) is 1.37. The van der Waals surface area contributed by atoms with E-state index in [9.17, 15) is 9.90 Å². The molecule has 0 amide bonds. The molecule has 0 fully saturated rings. The summed E-state index contributed by atoms with van der Waals surface area (Å²) in [7, 11) is 0. The van der Waals surface area contributed by atoms with Crippen LogP contribution in [0.2, 0.25) is 0 Å². The van der Waals surface area contributed by atoms with E-state index in [1.807, 2.05) is 6.92 Å². The minimum Gasteiger partial charge on any atom is -0.507 e. The Morgan fingerprint density at radius 1 is 1.57 bits per heavy atom. The highest BCUT2D eigenvalue weighted by Gasteiger charge is 2.13. The zero-order valence-corrected chi connectivity index (χ0v) is 8.46. The molecule has 0 bridgehead atoms. The number of rotatable bonds is 3. The van der Waals surface area contributed by atoms with Gasteiger partial charge in [0, 0.05) is 18.4 Å². The quantitative estimate of drug-likeness (QED) is 0.748. The van der Waals surface area contributed by atoms with Crippen molar-refractivity contribution in [1.82, 2.24) is 0 Å². The lowest BCUT2D eigenvalue weighted by Crippen LogP contribution is -2.10. The Morgan fingerprint density at radius 2 is 2.21 bits per heavy atom. The molecule has 0 atom stereocenters. The molecule has 1 aromatic rings. The standard InChI is InChI=1S/C11H14O3/c1-4-6-8-10(12)7(3)9(5-2)14-11(8)13/h4,12H,1,5-6H2,2-3H3. The first-order valence-corrected chi connectivity index (χ1v) is 4.57. The van der Waals surface area contributed by atoms with Crippen molar-refractivity contribution in [3.05, 3.63) is 40.0 Å². The van der Waals surface area contributed by atoms with Crippen LogP contribution in [0.5, 0.6) is 5.75 Å². The molecule has 0 aromatic carbocycles. The van der Waals surface area contributed by atoms with E-state index in [0.29, 0.717) is 24.2 Å². The van der Waals surface area contributed by atoms with Gasteiger partial charge in [0.25, 0.3) is 0 Å². The predicted molar refractivity (Wildman–Crippen MR) is 54.7 cm³/mol. The topological polar surface area (TPSA) is 50.4 Å². The van der Waals surface area contributed by atoms with E-state index in [-0.39, 0.29) is 11.3 Å². The molecule has 76 valence electrons. The van der Waals surface area contributed by atoms with Gasteiger partial charge in [-0.25, -0.2) is 4.79 Å². The lowest BCUT2D eigenvalue weighted by Gasteiger charge is -2.06. The maximum Gasteiger partial charge on any atom is 0.343 e. The molecular formula is C11H14O3. The number of aryl methyl sites for hydroxylation is 1. The van der Waals surface area contributed by atoms with Gasteiger partial charge in [0.15, 0.2) is 0 Å². The predicted octanol–water partition coefficient (Wildman–Crippen LogP) is 1.94. The van der Waals surface area contributed by atoms with E-state index in [1.165, 1.54) is 0 Å². The van der Waals surface area contributed by atoms with Gasteiger partial charge in [-0.05, 0) is 6.92 Å². The summed E-state index contributed by atoms with van der Waals surface area (Å²) in [4.78, 5) is 11.4. The fourth-order valence-corrected chi connectivity index (χ4v) is 1.37. The Morgan fingerprint density at radius 3 is 2.71 bits per heavy atom. The molecule has 0 radical (unpaired) electrons. The first kappa shape index (κ1) is 10.6. The normalized spacial score (nSPS) is 10.1. The summed E-state index contributed by atoms with van der Waals surface area (Å²) < 4.78 is 5.06. The van der Waals surface area contributed by atoms with Crippen molar-refractivity contribution in [2.45, 2.75) is 26.7 Å². The molecule has 0 saturated heterocycles. The van der Waals surface area contributed by atoms with Gasteiger partial charge in [-0.2, -0.15) is 0 Å². The summed E-state index contributed by atoms with van der Waals surface area (Å²) >= 11 is 0. The molecule has 0 saturated carbocycles. The molecule has 3 heteroatoms. The number of aromatic hydroxyl groups is 1. The van der Waals surface area contributed by atoms with Gasteiger partial charge in [-0.15, -0.1) is 6.58 Å². The largest absolute Gasteiger partial charge is 0.507 e. The minimum absolute atomic E-state index is 0.0398. The Kier molecular flexibility index (Phi) is 3.12. The van der Waals surface area contributed by atoms with E-state index in [2.05, 4.69) is 6.58 Å². The Balaban J connectivity index is 3.40. The third-order valence-corrected chi connectivity index (χ3v) is 2.19. The summed E-state index contributed by atoms with van der Waals surface area (Å²) in [6, 6.07) is 0. The number of hydrogen-bond acceptors (Lipinski definition) is 3. The molecule has 0 aliphatic carbocycles. The van der Waals surface area contributed by atoms with Gasteiger partial charge in [-0.1, -0.05) is 13.0 Å². The Labute approximate surface area is 82.7 Å². The highest BCUT2D eigenvalue weighted by molar-refractivity contribution is 5.39. The van der Waals surface area contributed by atoms with E-state index in [0.717, 1.165) is 0 Å². The smallest absolute Gasteiger partial charge is 0.343 e. The van der Waals surface area contributed by atoms with Crippen molar-refractivity contribution in [3.8, 4) is 5.75 Å². The molecule has 0 unspecified atom stereocenters. The maximum absolute atomic E-state index is 11.4. The van der Waals surface area contributed by atoms with Gasteiger partial charge >= 0.3 is 5.63 Å². The summed E-state index contributed by atoms with van der Waals surface area (Å²) in [5.41, 5.74) is 0.462. The molecule has 1 N–H and O–H groups in total. The lowest BCUT2D eigenvalue weighted by atomic mass is 10.1. The summed E-state index contributed by atoms with van der Waals surface area (Å²) in [5.74, 6) is 0.582. The average molecular weight is 194 g/mol. The van der Waals surface area contributed by atoms with Crippen molar-refractivity contribution in [2.75, 3.05) is 0 Å². The zero-order valence-electron chi connectivity index (χ0n) is 8.46. The SMILES string of the molecule is C=CCc1c(O)c(C)c(CC)oc1=O. The first-order chi connectivity index (χ1) is 6.61. The molecular weight excluding hydrogens is 180 g/mol. The van der Waals surface area contributed by atoms with Gasteiger partial charge in [-0.3, -0.25) is 0 Å². The first-order valence-electron chi connectivity index (χ1n) is 4.57. The monoisotopic (exact) mass is 194 g/mol. The Hall–Kier alpha value is -1.51. The van der Waals surface area contributed by atoms with Crippen molar-refractivity contribution in [2.24, 2.45) is 0 Å². The second kappa shape index (κ2) is 4.13. The molecule has 0 spiro atoms. The molecule has 0 aliphatic rings. The van der Waals surface area contributed by atoms with Gasteiger partial charge in [0.2, 0.25) is 0 Å².